The molecule has 1 aliphatic heterocycles. The molecule has 108 valence electrons. The fraction of sp³-hybridized carbons (Fsp3) is 0.150. The summed E-state index contributed by atoms with van der Waals surface area (Å²) in [6, 6.07) is 17.2. The first-order valence-electron chi connectivity index (χ1n) is 7.57. The first-order valence-corrected chi connectivity index (χ1v) is 8.45. The summed E-state index contributed by atoms with van der Waals surface area (Å²) < 4.78 is 0. The molecule has 0 saturated carbocycles. The van der Waals surface area contributed by atoms with E-state index in [0.29, 0.717) is 11.2 Å². The van der Waals surface area contributed by atoms with Gasteiger partial charge in [0.15, 0.2) is 0 Å². The number of aryl methyl sites for hydroxylation is 1. The molecule has 0 fully saturated rings. The minimum absolute atomic E-state index is 0.324. The summed E-state index contributed by atoms with van der Waals surface area (Å²) in [5, 5.41) is 0.411. The van der Waals surface area contributed by atoms with Crippen molar-refractivity contribution in [1.29, 1.82) is 0 Å². The van der Waals surface area contributed by atoms with E-state index >= 15 is 0 Å². The number of fused-ring (bicyclic) bond motifs is 2. The molecular formula is C20H17NS. The number of allylic oxidation sites excluding steroid dienone is 3. The fourth-order valence-electron chi connectivity index (χ4n) is 2.93. The highest BCUT2D eigenvalue weighted by atomic mass is 32.2. The van der Waals surface area contributed by atoms with Gasteiger partial charge in [-0.25, -0.2) is 0 Å². The van der Waals surface area contributed by atoms with Crippen LogP contribution in [0.1, 0.15) is 11.1 Å². The van der Waals surface area contributed by atoms with Crippen LogP contribution in [-0.4, -0.2) is 11.0 Å². The highest BCUT2D eigenvalue weighted by Gasteiger charge is 2.29. The molecule has 22 heavy (non-hydrogen) atoms. The van der Waals surface area contributed by atoms with Gasteiger partial charge in [-0.1, -0.05) is 66.3 Å². The molecule has 0 N–H and O–H groups in total. The van der Waals surface area contributed by atoms with E-state index in [-0.39, 0.29) is 0 Å². The maximum Gasteiger partial charge on any atom is 0.0769 e. The van der Waals surface area contributed by atoms with Gasteiger partial charge < -0.3 is 0 Å². The second-order valence-corrected chi connectivity index (χ2v) is 6.93. The van der Waals surface area contributed by atoms with Crippen molar-refractivity contribution in [1.82, 2.24) is 0 Å². The first kappa shape index (κ1) is 13.6. The number of nitrogens with zero attached hydrogens (tertiary/aromatic N) is 1. The van der Waals surface area contributed by atoms with E-state index in [9.17, 15) is 0 Å². The molecule has 0 saturated heterocycles. The standard InChI is InChI=1S/C20H17NS/c1-14-10-12-15(13-11-14)20-16-6-2-4-8-18(16)22-19-9-5-3-7-17(19)21-20/h2-13,16,18H,1H3. The highest BCUT2D eigenvalue weighted by molar-refractivity contribution is 8.00. The summed E-state index contributed by atoms with van der Waals surface area (Å²) in [5.74, 6) is 0.324. The lowest BCUT2D eigenvalue weighted by Crippen LogP contribution is -2.24. The normalized spacial score (nSPS) is 22.5. The van der Waals surface area contributed by atoms with Crippen LogP contribution in [0.5, 0.6) is 0 Å². The summed E-state index contributed by atoms with van der Waals surface area (Å²) in [7, 11) is 0. The van der Waals surface area contributed by atoms with E-state index < -0.39 is 0 Å². The maximum absolute atomic E-state index is 5.03. The summed E-state index contributed by atoms with van der Waals surface area (Å²) >= 11 is 1.91. The molecule has 0 amide bonds. The molecule has 2 aliphatic rings. The lowest BCUT2D eigenvalue weighted by molar-refractivity contribution is 0.891. The van der Waals surface area contributed by atoms with Crippen molar-refractivity contribution < 1.29 is 0 Å². The third-order valence-electron chi connectivity index (χ3n) is 4.12. The van der Waals surface area contributed by atoms with E-state index in [2.05, 4.69) is 79.8 Å². The largest absolute Gasteiger partial charge is 0.251 e. The van der Waals surface area contributed by atoms with E-state index in [1.165, 1.54) is 21.7 Å². The van der Waals surface area contributed by atoms with Gasteiger partial charge in [0.1, 0.15) is 0 Å². The molecule has 0 aromatic heterocycles. The Kier molecular flexibility index (Phi) is 3.47. The summed E-state index contributed by atoms with van der Waals surface area (Å²) in [5.41, 5.74) is 4.75. The fourth-order valence-corrected chi connectivity index (χ4v) is 4.15. The smallest absolute Gasteiger partial charge is 0.0769 e. The van der Waals surface area contributed by atoms with Crippen LogP contribution in [-0.2, 0) is 0 Å². The number of rotatable bonds is 1. The van der Waals surface area contributed by atoms with Crippen LogP contribution in [0.3, 0.4) is 0 Å². The van der Waals surface area contributed by atoms with Gasteiger partial charge >= 0.3 is 0 Å². The quantitative estimate of drug-likeness (QED) is 0.693. The molecule has 1 aliphatic carbocycles. The third kappa shape index (κ3) is 2.44. The SMILES string of the molecule is Cc1ccc(C2=Nc3ccccc3SC3C=CC=CC23)cc1. The maximum atomic E-state index is 5.03. The number of para-hydroxylation sites is 1. The van der Waals surface area contributed by atoms with E-state index in [1.54, 1.807) is 0 Å². The second-order valence-electron chi connectivity index (χ2n) is 5.71. The van der Waals surface area contributed by atoms with Gasteiger partial charge in [-0.2, -0.15) is 0 Å². The van der Waals surface area contributed by atoms with E-state index in [0.717, 1.165) is 5.69 Å². The van der Waals surface area contributed by atoms with Crippen LogP contribution < -0.4 is 0 Å². The Morgan fingerprint density at radius 2 is 1.68 bits per heavy atom. The van der Waals surface area contributed by atoms with Crippen LogP contribution >= 0.6 is 11.8 Å². The zero-order valence-electron chi connectivity index (χ0n) is 12.4. The summed E-state index contributed by atoms with van der Waals surface area (Å²) in [6.07, 6.45) is 8.86. The molecule has 2 aromatic carbocycles. The monoisotopic (exact) mass is 303 g/mol. The molecule has 2 atom stereocenters. The van der Waals surface area contributed by atoms with Gasteiger partial charge in [0.25, 0.3) is 0 Å². The van der Waals surface area contributed by atoms with Gasteiger partial charge in [0.05, 0.1) is 11.4 Å². The van der Waals surface area contributed by atoms with Crippen LogP contribution in [0.2, 0.25) is 0 Å². The summed E-state index contributed by atoms with van der Waals surface area (Å²) in [6.45, 7) is 2.12. The van der Waals surface area contributed by atoms with Crippen LogP contribution in [0.25, 0.3) is 0 Å². The van der Waals surface area contributed by atoms with Crippen LogP contribution in [0, 0.1) is 12.8 Å². The number of thioether (sulfide) groups is 1. The zero-order valence-corrected chi connectivity index (χ0v) is 13.3. The van der Waals surface area contributed by atoms with Crippen LogP contribution in [0.15, 0.2) is 82.7 Å². The molecule has 0 spiro atoms. The van der Waals surface area contributed by atoms with Gasteiger partial charge in [-0.05, 0) is 24.6 Å². The molecule has 2 aromatic rings. The number of hydrogen-bond acceptors (Lipinski definition) is 2. The van der Waals surface area contributed by atoms with Crippen molar-refractivity contribution in [2.45, 2.75) is 17.1 Å². The highest BCUT2D eigenvalue weighted by Crippen LogP contribution is 2.42. The molecule has 1 heterocycles. The van der Waals surface area contributed by atoms with Gasteiger partial charge in [0, 0.05) is 16.1 Å². The Bertz CT molecular complexity index is 784. The molecule has 2 heteroatoms. The molecular weight excluding hydrogens is 286 g/mol. The van der Waals surface area contributed by atoms with Gasteiger partial charge in [-0.3, -0.25) is 4.99 Å². The van der Waals surface area contributed by atoms with Crippen molar-refractivity contribution in [3.63, 3.8) is 0 Å². The summed E-state index contributed by atoms with van der Waals surface area (Å²) in [4.78, 5) is 6.30. The number of benzene rings is 2. The number of aliphatic imine (C=N–C) groups is 1. The minimum atomic E-state index is 0.324. The molecule has 0 radical (unpaired) electrons. The average Bonchev–Trinajstić information content (AvgIpc) is 2.72. The Morgan fingerprint density at radius 1 is 0.909 bits per heavy atom. The Morgan fingerprint density at radius 3 is 2.55 bits per heavy atom. The van der Waals surface area contributed by atoms with E-state index in [1.807, 2.05) is 11.8 Å². The lowest BCUT2D eigenvalue weighted by atomic mass is 9.90. The topological polar surface area (TPSA) is 12.4 Å². The molecule has 4 rings (SSSR count). The van der Waals surface area contributed by atoms with E-state index in [4.69, 9.17) is 4.99 Å². The van der Waals surface area contributed by atoms with Crippen molar-refractivity contribution in [3.05, 3.63) is 84.0 Å². The Balaban J connectivity index is 1.88. The Labute approximate surface area is 135 Å². The van der Waals surface area contributed by atoms with Gasteiger partial charge in [-0.15, -0.1) is 11.8 Å². The lowest BCUT2D eigenvalue weighted by Gasteiger charge is -2.23. The van der Waals surface area contributed by atoms with Crippen molar-refractivity contribution in [3.8, 4) is 0 Å². The average molecular weight is 303 g/mol. The molecule has 1 nitrogen and oxygen atoms in total. The predicted octanol–water partition coefficient (Wildman–Crippen LogP) is 5.33. The van der Waals surface area contributed by atoms with Crippen LogP contribution in [0.4, 0.5) is 5.69 Å². The second kappa shape index (κ2) is 5.62. The molecule has 2 unspecified atom stereocenters. The van der Waals surface area contributed by atoms with Crippen molar-refractivity contribution in [2.24, 2.45) is 10.9 Å². The first-order chi connectivity index (χ1) is 10.8. The predicted molar refractivity (Wildman–Crippen MR) is 95.2 cm³/mol. The third-order valence-corrected chi connectivity index (χ3v) is 5.44. The number of hydrogen-bond donors (Lipinski definition) is 0. The van der Waals surface area contributed by atoms with Crippen molar-refractivity contribution in [2.75, 3.05) is 0 Å². The minimum Gasteiger partial charge on any atom is -0.251 e. The zero-order chi connectivity index (χ0) is 14.9. The van der Waals surface area contributed by atoms with Crippen molar-refractivity contribution >= 4 is 23.2 Å². The van der Waals surface area contributed by atoms with Gasteiger partial charge in [0.2, 0.25) is 0 Å². The molecule has 0 bridgehead atoms. The Hall–Kier alpha value is -2.06.